The smallest absolute Gasteiger partial charge is 0.134 e. The summed E-state index contributed by atoms with van der Waals surface area (Å²) in [5.41, 5.74) is -0.449. The van der Waals surface area contributed by atoms with Crippen molar-refractivity contribution in [3.63, 3.8) is 0 Å². The SMILES string of the molecule is CCCC1(O)CN(C2CCCC(=O)C2)C1. The molecule has 2 aliphatic rings. The average molecular weight is 211 g/mol. The van der Waals surface area contributed by atoms with Crippen molar-refractivity contribution in [1.29, 1.82) is 0 Å². The summed E-state index contributed by atoms with van der Waals surface area (Å²) in [5.74, 6) is 0.400. The van der Waals surface area contributed by atoms with Crippen molar-refractivity contribution in [2.45, 2.75) is 57.1 Å². The van der Waals surface area contributed by atoms with Crippen molar-refractivity contribution in [2.75, 3.05) is 13.1 Å². The van der Waals surface area contributed by atoms with Crippen molar-refractivity contribution in [2.24, 2.45) is 0 Å². The molecule has 1 aliphatic carbocycles. The van der Waals surface area contributed by atoms with E-state index < -0.39 is 5.60 Å². The summed E-state index contributed by atoms with van der Waals surface area (Å²) >= 11 is 0. The van der Waals surface area contributed by atoms with E-state index in [-0.39, 0.29) is 0 Å². The molecule has 0 aromatic heterocycles. The number of carbonyl (C=O) groups is 1. The van der Waals surface area contributed by atoms with E-state index in [0.29, 0.717) is 18.2 Å². The molecule has 2 rings (SSSR count). The van der Waals surface area contributed by atoms with Crippen molar-refractivity contribution in [1.82, 2.24) is 4.90 Å². The van der Waals surface area contributed by atoms with Gasteiger partial charge in [-0.1, -0.05) is 13.3 Å². The molecule has 1 heterocycles. The van der Waals surface area contributed by atoms with Crippen LogP contribution in [-0.4, -0.2) is 40.5 Å². The summed E-state index contributed by atoms with van der Waals surface area (Å²) in [6.07, 6.45) is 5.57. The second kappa shape index (κ2) is 4.22. The van der Waals surface area contributed by atoms with Crippen LogP contribution in [0.1, 0.15) is 45.4 Å². The highest BCUT2D eigenvalue weighted by Crippen LogP contribution is 2.31. The topological polar surface area (TPSA) is 40.5 Å². The number of ketones is 1. The number of Topliss-reactive ketones (excluding diaryl/α,β-unsaturated/α-hetero) is 1. The van der Waals surface area contributed by atoms with Crippen molar-refractivity contribution >= 4 is 5.78 Å². The van der Waals surface area contributed by atoms with Crippen molar-refractivity contribution < 1.29 is 9.90 Å². The highest BCUT2D eigenvalue weighted by Gasteiger charge is 2.43. The van der Waals surface area contributed by atoms with Gasteiger partial charge in [0.25, 0.3) is 0 Å². The molecular weight excluding hydrogens is 190 g/mol. The molecule has 1 saturated heterocycles. The molecule has 3 nitrogen and oxygen atoms in total. The normalized spacial score (nSPS) is 31.3. The Morgan fingerprint density at radius 3 is 2.87 bits per heavy atom. The maximum atomic E-state index is 11.3. The molecule has 15 heavy (non-hydrogen) atoms. The third-order valence-electron chi connectivity index (χ3n) is 3.68. The van der Waals surface area contributed by atoms with Crippen LogP contribution in [0.15, 0.2) is 0 Å². The molecule has 0 aromatic rings. The quantitative estimate of drug-likeness (QED) is 0.766. The van der Waals surface area contributed by atoms with Crippen LogP contribution in [0.3, 0.4) is 0 Å². The molecule has 1 aliphatic heterocycles. The van der Waals surface area contributed by atoms with Crippen LogP contribution >= 0.6 is 0 Å². The monoisotopic (exact) mass is 211 g/mol. The van der Waals surface area contributed by atoms with Gasteiger partial charge < -0.3 is 5.11 Å². The van der Waals surface area contributed by atoms with Crippen LogP contribution in [0.5, 0.6) is 0 Å². The first kappa shape index (κ1) is 11.1. The number of rotatable bonds is 3. The zero-order chi connectivity index (χ0) is 10.9. The van der Waals surface area contributed by atoms with Crippen molar-refractivity contribution in [3.05, 3.63) is 0 Å². The lowest BCUT2D eigenvalue weighted by molar-refractivity contribution is -0.137. The van der Waals surface area contributed by atoms with Gasteiger partial charge in [0.05, 0.1) is 5.60 Å². The summed E-state index contributed by atoms with van der Waals surface area (Å²) < 4.78 is 0. The standard InChI is InChI=1S/C12H21NO2/c1-2-6-12(15)8-13(9-12)10-4-3-5-11(14)7-10/h10,15H,2-9H2,1H3. The van der Waals surface area contributed by atoms with Crippen LogP contribution in [-0.2, 0) is 4.79 Å². The second-order valence-corrected chi connectivity index (χ2v) is 5.17. The van der Waals surface area contributed by atoms with E-state index in [1.807, 2.05) is 0 Å². The van der Waals surface area contributed by atoms with Crippen LogP contribution in [0.4, 0.5) is 0 Å². The van der Waals surface area contributed by atoms with Crippen molar-refractivity contribution in [3.8, 4) is 0 Å². The van der Waals surface area contributed by atoms with Crippen LogP contribution in [0.2, 0.25) is 0 Å². The summed E-state index contributed by atoms with van der Waals surface area (Å²) in [6, 6.07) is 0.420. The number of aliphatic hydroxyl groups is 1. The van der Waals surface area contributed by atoms with E-state index in [1.54, 1.807) is 0 Å². The number of β-amino-alcohol motifs (C(OH)–C–C–N with tert-alkyl or cyclic N) is 1. The van der Waals surface area contributed by atoms with Gasteiger partial charge in [0.15, 0.2) is 0 Å². The summed E-state index contributed by atoms with van der Waals surface area (Å²) in [6.45, 7) is 3.66. The first-order valence-corrected chi connectivity index (χ1v) is 6.11. The fourth-order valence-corrected chi connectivity index (χ4v) is 2.90. The second-order valence-electron chi connectivity index (χ2n) is 5.17. The molecule has 0 bridgehead atoms. The number of nitrogens with zero attached hydrogens (tertiary/aromatic N) is 1. The van der Waals surface area contributed by atoms with E-state index >= 15 is 0 Å². The Morgan fingerprint density at radius 1 is 1.53 bits per heavy atom. The fourth-order valence-electron chi connectivity index (χ4n) is 2.90. The maximum Gasteiger partial charge on any atom is 0.134 e. The Kier molecular flexibility index (Phi) is 3.12. The predicted octanol–water partition coefficient (Wildman–Crippen LogP) is 1.34. The molecule has 1 N–H and O–H groups in total. The molecule has 0 aromatic carbocycles. The molecule has 1 unspecified atom stereocenters. The van der Waals surface area contributed by atoms with Crippen LogP contribution in [0, 0.1) is 0 Å². The van der Waals surface area contributed by atoms with Gasteiger partial charge in [0.2, 0.25) is 0 Å². The lowest BCUT2D eigenvalue weighted by Crippen LogP contribution is -2.65. The Bertz CT molecular complexity index is 246. The average Bonchev–Trinajstić information content (AvgIpc) is 2.14. The third kappa shape index (κ3) is 2.40. The zero-order valence-corrected chi connectivity index (χ0v) is 9.54. The van der Waals surface area contributed by atoms with Crippen LogP contribution < -0.4 is 0 Å². The Balaban J connectivity index is 1.80. The first-order valence-electron chi connectivity index (χ1n) is 6.11. The molecular formula is C12H21NO2. The minimum Gasteiger partial charge on any atom is -0.387 e. The van der Waals surface area contributed by atoms with Gasteiger partial charge in [-0.2, -0.15) is 0 Å². The zero-order valence-electron chi connectivity index (χ0n) is 9.54. The molecule has 3 heteroatoms. The largest absolute Gasteiger partial charge is 0.387 e. The number of likely N-dealkylation sites (tertiary alicyclic amines) is 1. The minimum absolute atomic E-state index is 0.400. The van der Waals surface area contributed by atoms with Crippen LogP contribution in [0.25, 0.3) is 0 Å². The molecule has 2 fully saturated rings. The van der Waals surface area contributed by atoms with E-state index in [1.165, 1.54) is 0 Å². The van der Waals surface area contributed by atoms with Gasteiger partial charge in [0.1, 0.15) is 5.78 Å². The lowest BCUT2D eigenvalue weighted by Gasteiger charge is -2.51. The highest BCUT2D eigenvalue weighted by atomic mass is 16.3. The molecule has 0 radical (unpaired) electrons. The Labute approximate surface area is 91.5 Å². The summed E-state index contributed by atoms with van der Waals surface area (Å²) in [7, 11) is 0. The van der Waals surface area contributed by atoms with Gasteiger partial charge in [-0.05, 0) is 19.3 Å². The van der Waals surface area contributed by atoms with Gasteiger partial charge in [-0.15, -0.1) is 0 Å². The third-order valence-corrected chi connectivity index (χ3v) is 3.68. The lowest BCUT2D eigenvalue weighted by atomic mass is 9.84. The summed E-state index contributed by atoms with van der Waals surface area (Å²) in [5, 5.41) is 10.1. The number of hydrogen-bond acceptors (Lipinski definition) is 3. The minimum atomic E-state index is -0.449. The van der Waals surface area contributed by atoms with E-state index in [9.17, 15) is 9.90 Å². The summed E-state index contributed by atoms with van der Waals surface area (Å²) in [4.78, 5) is 13.6. The Morgan fingerprint density at radius 2 is 2.27 bits per heavy atom. The van der Waals surface area contributed by atoms with Gasteiger partial charge in [-0.25, -0.2) is 0 Å². The van der Waals surface area contributed by atoms with E-state index in [2.05, 4.69) is 11.8 Å². The van der Waals surface area contributed by atoms with E-state index in [0.717, 1.165) is 45.2 Å². The molecule has 1 saturated carbocycles. The molecule has 1 atom stereocenters. The molecule has 0 amide bonds. The molecule has 86 valence electrons. The molecule has 0 spiro atoms. The highest BCUT2D eigenvalue weighted by molar-refractivity contribution is 5.79. The van der Waals surface area contributed by atoms with Gasteiger partial charge >= 0.3 is 0 Å². The predicted molar refractivity (Wildman–Crippen MR) is 58.7 cm³/mol. The van der Waals surface area contributed by atoms with E-state index in [4.69, 9.17) is 0 Å². The number of carbonyl (C=O) groups excluding carboxylic acids is 1. The van der Waals surface area contributed by atoms with Gasteiger partial charge in [-0.3, -0.25) is 9.69 Å². The maximum absolute atomic E-state index is 11.3. The fraction of sp³-hybridized carbons (Fsp3) is 0.917. The first-order chi connectivity index (χ1) is 7.13. The number of hydrogen-bond donors (Lipinski definition) is 1. The Hall–Kier alpha value is -0.410. The van der Waals surface area contributed by atoms with Gasteiger partial charge in [0, 0.05) is 32.0 Å².